The predicted octanol–water partition coefficient (Wildman–Crippen LogP) is 0.206. The second kappa shape index (κ2) is 5.46. The SMILES string of the molecule is CCCN(C(=O)C1(N)CCC1)C1COCC1C(=O)O. The molecule has 6 heteroatoms. The molecule has 2 atom stereocenters. The van der Waals surface area contributed by atoms with Crippen LogP contribution < -0.4 is 5.73 Å². The molecule has 2 rings (SSSR count). The lowest BCUT2D eigenvalue weighted by molar-refractivity contribution is -0.148. The normalized spacial score (nSPS) is 28.7. The Balaban J connectivity index is 2.15. The van der Waals surface area contributed by atoms with Gasteiger partial charge in [0.05, 0.1) is 24.8 Å². The van der Waals surface area contributed by atoms with Gasteiger partial charge in [0, 0.05) is 6.54 Å². The lowest BCUT2D eigenvalue weighted by Gasteiger charge is -2.42. The number of carboxylic acids is 1. The molecule has 0 aromatic carbocycles. The van der Waals surface area contributed by atoms with Crippen LogP contribution in [0.1, 0.15) is 32.6 Å². The summed E-state index contributed by atoms with van der Waals surface area (Å²) in [7, 11) is 0. The molecule has 1 aliphatic heterocycles. The van der Waals surface area contributed by atoms with Crippen molar-refractivity contribution in [2.45, 2.75) is 44.2 Å². The van der Waals surface area contributed by atoms with E-state index < -0.39 is 17.4 Å². The van der Waals surface area contributed by atoms with E-state index in [4.69, 9.17) is 10.5 Å². The summed E-state index contributed by atoms with van der Waals surface area (Å²) in [5.74, 6) is -1.65. The summed E-state index contributed by atoms with van der Waals surface area (Å²) < 4.78 is 5.26. The van der Waals surface area contributed by atoms with E-state index in [0.29, 0.717) is 26.0 Å². The zero-order valence-corrected chi connectivity index (χ0v) is 11.3. The Morgan fingerprint density at radius 2 is 2.11 bits per heavy atom. The number of nitrogens with two attached hydrogens (primary N) is 1. The van der Waals surface area contributed by atoms with Gasteiger partial charge in [0.25, 0.3) is 0 Å². The average molecular weight is 270 g/mol. The molecule has 1 saturated carbocycles. The maximum Gasteiger partial charge on any atom is 0.311 e. The van der Waals surface area contributed by atoms with Gasteiger partial charge in [-0.1, -0.05) is 6.92 Å². The molecule has 0 aromatic heterocycles. The van der Waals surface area contributed by atoms with Crippen LogP contribution >= 0.6 is 0 Å². The average Bonchev–Trinajstić information content (AvgIpc) is 2.81. The standard InChI is InChI=1S/C13H22N2O4/c1-2-6-15(12(18)13(14)4-3-5-13)10-8-19-7-9(10)11(16)17/h9-10H,2-8,14H2,1H3,(H,16,17). The van der Waals surface area contributed by atoms with Crippen LogP contribution in [0.4, 0.5) is 0 Å². The van der Waals surface area contributed by atoms with Crippen LogP contribution in [-0.2, 0) is 14.3 Å². The molecule has 2 unspecified atom stereocenters. The smallest absolute Gasteiger partial charge is 0.311 e. The molecule has 0 radical (unpaired) electrons. The van der Waals surface area contributed by atoms with Crippen LogP contribution in [0.3, 0.4) is 0 Å². The van der Waals surface area contributed by atoms with Gasteiger partial charge >= 0.3 is 5.97 Å². The molecule has 0 bridgehead atoms. The summed E-state index contributed by atoms with van der Waals surface area (Å²) in [6.07, 6.45) is 3.13. The first-order valence-corrected chi connectivity index (χ1v) is 6.90. The topological polar surface area (TPSA) is 92.9 Å². The van der Waals surface area contributed by atoms with Gasteiger partial charge in [-0.25, -0.2) is 0 Å². The third-order valence-corrected chi connectivity index (χ3v) is 4.17. The van der Waals surface area contributed by atoms with Gasteiger partial charge in [-0.2, -0.15) is 0 Å². The van der Waals surface area contributed by atoms with Crippen LogP contribution in [0, 0.1) is 5.92 Å². The Labute approximate surface area is 112 Å². The van der Waals surface area contributed by atoms with Crippen molar-refractivity contribution in [3.8, 4) is 0 Å². The third-order valence-electron chi connectivity index (χ3n) is 4.17. The van der Waals surface area contributed by atoms with Gasteiger partial charge in [0.2, 0.25) is 5.91 Å². The lowest BCUT2D eigenvalue weighted by Crippen LogP contribution is -2.62. The van der Waals surface area contributed by atoms with Crippen LogP contribution in [0.25, 0.3) is 0 Å². The first-order chi connectivity index (χ1) is 8.99. The van der Waals surface area contributed by atoms with E-state index in [-0.39, 0.29) is 18.6 Å². The second-order valence-electron chi connectivity index (χ2n) is 5.56. The molecule has 3 N–H and O–H groups in total. The van der Waals surface area contributed by atoms with Gasteiger partial charge in [0.15, 0.2) is 0 Å². The number of ether oxygens (including phenoxy) is 1. The Morgan fingerprint density at radius 3 is 2.58 bits per heavy atom. The van der Waals surface area contributed by atoms with Crippen LogP contribution in [-0.4, -0.2) is 53.2 Å². The molecule has 1 saturated heterocycles. The van der Waals surface area contributed by atoms with Crippen molar-refractivity contribution in [2.24, 2.45) is 11.7 Å². The fourth-order valence-corrected chi connectivity index (χ4v) is 2.80. The highest BCUT2D eigenvalue weighted by Crippen LogP contribution is 2.33. The van der Waals surface area contributed by atoms with Gasteiger partial charge in [-0.05, 0) is 25.7 Å². The van der Waals surface area contributed by atoms with Crippen molar-refractivity contribution in [3.05, 3.63) is 0 Å². The number of carboxylic acid groups (broad SMARTS) is 1. The maximum atomic E-state index is 12.5. The monoisotopic (exact) mass is 270 g/mol. The van der Waals surface area contributed by atoms with Crippen molar-refractivity contribution in [1.82, 2.24) is 4.90 Å². The highest BCUT2D eigenvalue weighted by Gasteiger charge is 2.47. The number of aliphatic carboxylic acids is 1. The molecule has 2 aliphatic rings. The van der Waals surface area contributed by atoms with E-state index in [1.54, 1.807) is 4.90 Å². The minimum Gasteiger partial charge on any atom is -0.481 e. The predicted molar refractivity (Wildman–Crippen MR) is 68.5 cm³/mol. The van der Waals surface area contributed by atoms with Gasteiger partial charge < -0.3 is 20.5 Å². The van der Waals surface area contributed by atoms with Crippen LogP contribution in [0.5, 0.6) is 0 Å². The molecular weight excluding hydrogens is 248 g/mol. The molecule has 1 aliphatic carbocycles. The van der Waals surface area contributed by atoms with Gasteiger partial charge in [-0.3, -0.25) is 9.59 Å². The maximum absolute atomic E-state index is 12.5. The largest absolute Gasteiger partial charge is 0.481 e. The summed E-state index contributed by atoms with van der Waals surface area (Å²) in [6.45, 7) is 2.97. The molecule has 6 nitrogen and oxygen atoms in total. The van der Waals surface area contributed by atoms with E-state index >= 15 is 0 Å². The molecule has 1 heterocycles. The number of rotatable bonds is 5. The number of carbonyl (C=O) groups is 2. The molecule has 108 valence electrons. The van der Waals surface area contributed by atoms with Gasteiger partial charge in [-0.15, -0.1) is 0 Å². The summed E-state index contributed by atoms with van der Waals surface area (Å²) in [5.41, 5.74) is 5.31. The molecule has 2 fully saturated rings. The molecular formula is C13H22N2O4. The first-order valence-electron chi connectivity index (χ1n) is 6.90. The van der Waals surface area contributed by atoms with Gasteiger partial charge in [0.1, 0.15) is 5.92 Å². The second-order valence-corrected chi connectivity index (χ2v) is 5.56. The fraction of sp³-hybridized carbons (Fsp3) is 0.846. The number of hydrogen-bond acceptors (Lipinski definition) is 4. The Kier molecular flexibility index (Phi) is 4.10. The highest BCUT2D eigenvalue weighted by atomic mass is 16.5. The zero-order valence-electron chi connectivity index (χ0n) is 11.3. The fourth-order valence-electron chi connectivity index (χ4n) is 2.80. The molecule has 1 amide bonds. The third kappa shape index (κ3) is 2.60. The summed E-state index contributed by atoms with van der Waals surface area (Å²) >= 11 is 0. The number of carbonyl (C=O) groups excluding carboxylic acids is 1. The molecule has 19 heavy (non-hydrogen) atoms. The molecule has 0 aromatic rings. The quantitative estimate of drug-likeness (QED) is 0.744. The summed E-state index contributed by atoms with van der Waals surface area (Å²) in [4.78, 5) is 25.4. The van der Waals surface area contributed by atoms with Crippen molar-refractivity contribution in [2.75, 3.05) is 19.8 Å². The van der Waals surface area contributed by atoms with E-state index in [9.17, 15) is 14.7 Å². The Bertz CT molecular complexity index is 368. The Hall–Kier alpha value is -1.14. The summed E-state index contributed by atoms with van der Waals surface area (Å²) in [6, 6.07) is -0.383. The van der Waals surface area contributed by atoms with Crippen LogP contribution in [0.2, 0.25) is 0 Å². The number of nitrogens with zero attached hydrogens (tertiary/aromatic N) is 1. The van der Waals surface area contributed by atoms with Crippen molar-refractivity contribution < 1.29 is 19.4 Å². The van der Waals surface area contributed by atoms with E-state index in [2.05, 4.69) is 0 Å². The summed E-state index contributed by atoms with van der Waals surface area (Å²) in [5, 5.41) is 9.21. The van der Waals surface area contributed by atoms with E-state index in [1.807, 2.05) is 6.92 Å². The van der Waals surface area contributed by atoms with E-state index in [1.165, 1.54) is 0 Å². The van der Waals surface area contributed by atoms with Crippen molar-refractivity contribution in [1.29, 1.82) is 0 Å². The lowest BCUT2D eigenvalue weighted by atomic mass is 9.76. The highest BCUT2D eigenvalue weighted by molar-refractivity contribution is 5.88. The van der Waals surface area contributed by atoms with Crippen molar-refractivity contribution in [3.63, 3.8) is 0 Å². The zero-order chi connectivity index (χ0) is 14.0. The number of hydrogen-bond donors (Lipinski definition) is 2. The van der Waals surface area contributed by atoms with E-state index in [0.717, 1.165) is 12.8 Å². The minimum absolute atomic E-state index is 0.109. The minimum atomic E-state index is -0.906. The number of amides is 1. The van der Waals surface area contributed by atoms with Crippen LogP contribution in [0.15, 0.2) is 0 Å². The molecule has 0 spiro atoms. The van der Waals surface area contributed by atoms with Crippen molar-refractivity contribution >= 4 is 11.9 Å². The Morgan fingerprint density at radius 1 is 1.42 bits per heavy atom. The first kappa shape index (κ1) is 14.3.